The van der Waals surface area contributed by atoms with E-state index in [0.717, 1.165) is 0 Å². The highest BCUT2D eigenvalue weighted by atomic mass is 32.2. The molecule has 1 aromatic rings. The first-order chi connectivity index (χ1) is 14.7. The zero-order valence-electron chi connectivity index (χ0n) is 18.1. The molecule has 0 N–H and O–H groups in total. The largest absolute Gasteiger partial charge is 0.495 e. The van der Waals surface area contributed by atoms with Crippen LogP contribution in [0.2, 0.25) is 0 Å². The van der Waals surface area contributed by atoms with Crippen LogP contribution >= 0.6 is 0 Å². The zero-order chi connectivity index (χ0) is 22.6. The van der Waals surface area contributed by atoms with Crippen LogP contribution in [0.1, 0.15) is 13.8 Å². The molecule has 3 rings (SSSR count). The monoisotopic (exact) mass is 455 g/mol. The van der Waals surface area contributed by atoms with E-state index in [4.69, 9.17) is 14.2 Å². The number of carbonyl (C=O) groups is 2. The second-order valence-electron chi connectivity index (χ2n) is 7.41. The Bertz CT molecular complexity index is 907. The van der Waals surface area contributed by atoms with Crippen molar-refractivity contribution in [2.45, 2.75) is 24.8 Å². The third kappa shape index (κ3) is 5.28. The molecule has 0 bridgehead atoms. The lowest BCUT2D eigenvalue weighted by Gasteiger charge is -2.37. The molecule has 0 aliphatic carbocycles. The lowest BCUT2D eigenvalue weighted by atomic mass is 10.2. The Morgan fingerprint density at radius 2 is 1.71 bits per heavy atom. The Balaban J connectivity index is 1.75. The summed E-state index contributed by atoms with van der Waals surface area (Å²) in [5, 5.41) is 0. The van der Waals surface area contributed by atoms with E-state index in [1.165, 1.54) is 18.3 Å². The van der Waals surface area contributed by atoms with Gasteiger partial charge in [-0.15, -0.1) is 0 Å². The van der Waals surface area contributed by atoms with Crippen LogP contribution in [0.25, 0.3) is 0 Å². The molecule has 0 unspecified atom stereocenters. The van der Waals surface area contributed by atoms with Crippen molar-refractivity contribution in [3.63, 3.8) is 0 Å². The van der Waals surface area contributed by atoms with Gasteiger partial charge in [0.2, 0.25) is 10.0 Å². The Morgan fingerprint density at radius 1 is 1.06 bits per heavy atom. The number of amides is 1. The van der Waals surface area contributed by atoms with Gasteiger partial charge in [0.15, 0.2) is 6.10 Å². The molecule has 1 aromatic carbocycles. The van der Waals surface area contributed by atoms with Gasteiger partial charge in [0.1, 0.15) is 5.75 Å². The third-order valence-electron chi connectivity index (χ3n) is 5.38. The highest BCUT2D eigenvalue weighted by Gasteiger charge is 2.30. The van der Waals surface area contributed by atoms with Crippen molar-refractivity contribution in [2.75, 3.05) is 64.5 Å². The second kappa shape index (κ2) is 9.84. The average molecular weight is 456 g/mol. The summed E-state index contributed by atoms with van der Waals surface area (Å²) in [6, 6.07) is 4.83. The van der Waals surface area contributed by atoms with Gasteiger partial charge < -0.3 is 24.0 Å². The molecule has 11 heteroatoms. The fourth-order valence-corrected chi connectivity index (χ4v) is 5.17. The van der Waals surface area contributed by atoms with Crippen molar-refractivity contribution in [1.82, 2.24) is 9.21 Å². The Labute approximate surface area is 182 Å². The summed E-state index contributed by atoms with van der Waals surface area (Å²) in [6.45, 7) is 6.07. The number of hydrogen-bond donors (Lipinski definition) is 0. The van der Waals surface area contributed by atoms with E-state index >= 15 is 0 Å². The average Bonchev–Trinajstić information content (AvgIpc) is 2.78. The van der Waals surface area contributed by atoms with Crippen molar-refractivity contribution in [3.8, 4) is 5.75 Å². The number of hydrogen-bond acceptors (Lipinski definition) is 8. The van der Waals surface area contributed by atoms with Gasteiger partial charge in [-0.3, -0.25) is 9.59 Å². The first kappa shape index (κ1) is 23.3. The van der Waals surface area contributed by atoms with Crippen LogP contribution in [0.3, 0.4) is 0 Å². The van der Waals surface area contributed by atoms with Crippen LogP contribution in [-0.2, 0) is 29.1 Å². The molecule has 0 aromatic heterocycles. The number of carbonyl (C=O) groups excluding carboxylic acids is 2. The van der Waals surface area contributed by atoms with Crippen LogP contribution in [-0.4, -0.2) is 95.2 Å². The van der Waals surface area contributed by atoms with Gasteiger partial charge in [-0.05, 0) is 25.1 Å². The van der Waals surface area contributed by atoms with E-state index in [9.17, 15) is 18.0 Å². The summed E-state index contributed by atoms with van der Waals surface area (Å²) >= 11 is 0. The van der Waals surface area contributed by atoms with Crippen LogP contribution in [0.15, 0.2) is 23.1 Å². The number of rotatable bonds is 6. The Hall–Kier alpha value is -2.37. The molecule has 2 saturated heterocycles. The smallest absolute Gasteiger partial charge is 0.303 e. The molecule has 2 heterocycles. The van der Waals surface area contributed by atoms with Crippen molar-refractivity contribution in [3.05, 3.63) is 18.2 Å². The van der Waals surface area contributed by atoms with E-state index in [1.807, 2.05) is 4.90 Å². The molecular weight excluding hydrogens is 426 g/mol. The fraction of sp³-hybridized carbons (Fsp3) is 0.600. The number of ether oxygens (including phenoxy) is 3. The molecule has 10 nitrogen and oxygen atoms in total. The predicted molar refractivity (Wildman–Crippen MR) is 113 cm³/mol. The highest BCUT2D eigenvalue weighted by molar-refractivity contribution is 7.89. The molecule has 0 saturated carbocycles. The number of anilines is 1. The minimum atomic E-state index is -3.64. The second-order valence-corrected chi connectivity index (χ2v) is 9.35. The maximum Gasteiger partial charge on any atom is 0.303 e. The molecule has 1 atom stereocenters. The number of morpholine rings is 1. The van der Waals surface area contributed by atoms with Gasteiger partial charge in [-0.25, -0.2) is 8.42 Å². The van der Waals surface area contributed by atoms with Crippen molar-refractivity contribution < 1.29 is 32.2 Å². The van der Waals surface area contributed by atoms with Gasteiger partial charge in [-0.1, -0.05) is 0 Å². The Kier molecular flexibility index (Phi) is 7.39. The van der Waals surface area contributed by atoms with Crippen LogP contribution < -0.4 is 9.64 Å². The van der Waals surface area contributed by atoms with Crippen LogP contribution in [0, 0.1) is 0 Å². The minimum Gasteiger partial charge on any atom is -0.495 e. The van der Waals surface area contributed by atoms with Gasteiger partial charge in [-0.2, -0.15) is 4.31 Å². The lowest BCUT2D eigenvalue weighted by Crippen LogP contribution is -2.51. The predicted octanol–water partition coefficient (Wildman–Crippen LogP) is 0.316. The first-order valence-corrected chi connectivity index (χ1v) is 11.6. The maximum absolute atomic E-state index is 13.0. The molecule has 2 aliphatic rings. The number of nitrogens with zero attached hydrogens (tertiary/aromatic N) is 3. The van der Waals surface area contributed by atoms with E-state index in [2.05, 4.69) is 0 Å². The Morgan fingerprint density at radius 3 is 2.29 bits per heavy atom. The first-order valence-electron chi connectivity index (χ1n) is 10.2. The quantitative estimate of drug-likeness (QED) is 0.565. The normalized spacial score (nSPS) is 19.1. The summed E-state index contributed by atoms with van der Waals surface area (Å²) in [6.07, 6.45) is -0.833. The molecule has 1 amide bonds. The molecule has 2 aliphatic heterocycles. The molecule has 31 heavy (non-hydrogen) atoms. The number of methoxy groups -OCH3 is 1. The van der Waals surface area contributed by atoms with E-state index in [0.29, 0.717) is 63.9 Å². The lowest BCUT2D eigenvalue weighted by molar-refractivity contribution is -0.157. The standard InChI is InChI=1S/C20H29N3O7S/c1-15(30-16(2)24)20(25)22-8-6-21(7-9-22)18-14-17(4-5-19(18)28-3)31(26,27)23-10-12-29-13-11-23/h4-5,14-15H,6-13H2,1-3H3/t15-/m0/s1. The highest BCUT2D eigenvalue weighted by Crippen LogP contribution is 2.33. The summed E-state index contributed by atoms with van der Waals surface area (Å²) in [4.78, 5) is 27.4. The molecule has 0 radical (unpaired) electrons. The SMILES string of the molecule is COc1ccc(S(=O)(=O)N2CCOCC2)cc1N1CCN(C(=O)[C@H](C)OC(C)=O)CC1. The molecular formula is C20H29N3O7S. The third-order valence-corrected chi connectivity index (χ3v) is 7.28. The van der Waals surface area contributed by atoms with Crippen LogP contribution in [0.4, 0.5) is 5.69 Å². The maximum atomic E-state index is 13.0. The summed E-state index contributed by atoms with van der Waals surface area (Å²) in [5.41, 5.74) is 0.664. The topological polar surface area (TPSA) is 106 Å². The molecule has 2 fully saturated rings. The van der Waals surface area contributed by atoms with Gasteiger partial charge >= 0.3 is 5.97 Å². The van der Waals surface area contributed by atoms with E-state index < -0.39 is 22.1 Å². The summed E-state index contributed by atoms with van der Waals surface area (Å²) < 4.78 is 43.2. The fourth-order valence-electron chi connectivity index (χ4n) is 3.74. The number of benzene rings is 1. The van der Waals surface area contributed by atoms with Crippen molar-refractivity contribution in [1.29, 1.82) is 0 Å². The molecule has 172 valence electrons. The van der Waals surface area contributed by atoms with E-state index in [1.54, 1.807) is 30.0 Å². The van der Waals surface area contributed by atoms with Crippen LogP contribution in [0.5, 0.6) is 5.75 Å². The van der Waals surface area contributed by atoms with Gasteiger partial charge in [0.05, 0.1) is 30.9 Å². The van der Waals surface area contributed by atoms with E-state index in [-0.39, 0.29) is 10.8 Å². The molecule has 0 spiro atoms. The van der Waals surface area contributed by atoms with Crippen molar-refractivity contribution >= 4 is 27.6 Å². The number of piperazine rings is 1. The summed E-state index contributed by atoms with van der Waals surface area (Å²) in [7, 11) is -2.10. The minimum absolute atomic E-state index is 0.201. The zero-order valence-corrected chi connectivity index (χ0v) is 18.9. The number of esters is 1. The van der Waals surface area contributed by atoms with Crippen molar-refractivity contribution in [2.24, 2.45) is 0 Å². The van der Waals surface area contributed by atoms with Gasteiger partial charge in [0, 0.05) is 46.2 Å². The van der Waals surface area contributed by atoms with Gasteiger partial charge in [0.25, 0.3) is 5.91 Å². The summed E-state index contributed by atoms with van der Waals surface area (Å²) in [5.74, 6) is -0.179. The number of sulfonamides is 1.